The highest BCUT2D eigenvalue weighted by Crippen LogP contribution is 2.25. The summed E-state index contributed by atoms with van der Waals surface area (Å²) >= 11 is 0. The van der Waals surface area contributed by atoms with Crippen LogP contribution in [-0.2, 0) is 9.53 Å². The van der Waals surface area contributed by atoms with E-state index in [-0.39, 0.29) is 11.9 Å². The molecule has 1 aromatic carbocycles. The molecule has 1 aliphatic heterocycles. The van der Waals surface area contributed by atoms with E-state index in [4.69, 9.17) is 10.5 Å². The zero-order valence-corrected chi connectivity index (χ0v) is 13.0. The van der Waals surface area contributed by atoms with Crippen molar-refractivity contribution < 1.29 is 9.53 Å². The minimum absolute atomic E-state index is 0.113. The Morgan fingerprint density at radius 3 is 2.78 bits per heavy atom. The first kappa shape index (κ1) is 15.2. The van der Waals surface area contributed by atoms with Crippen LogP contribution in [0.15, 0.2) is 30.3 Å². The molecule has 1 amide bonds. The number of benzene rings is 1. The number of carbonyl (C=O) groups excluding carboxylic acids is 1. The fourth-order valence-electron chi connectivity index (χ4n) is 2.51. The molecule has 0 atom stereocenters. The smallest absolute Gasteiger partial charge is 0.222 e. The van der Waals surface area contributed by atoms with Crippen molar-refractivity contribution in [1.82, 2.24) is 9.97 Å². The summed E-state index contributed by atoms with van der Waals surface area (Å²) in [4.78, 5) is 22.0. The van der Waals surface area contributed by atoms with Gasteiger partial charge in [-0.15, -0.1) is 0 Å². The standard InChI is InChI=1S/C16H19N5O2/c1-11(22)18-13-4-2-3-12(9-13)14-10-15(20-16(17)19-14)21-5-7-23-8-6-21/h2-4,9-10H,5-8H2,1H3,(H,18,22)(H2,17,19,20). The lowest BCUT2D eigenvalue weighted by Crippen LogP contribution is -2.36. The van der Waals surface area contributed by atoms with Gasteiger partial charge in [0.2, 0.25) is 11.9 Å². The first-order valence-electron chi connectivity index (χ1n) is 7.47. The summed E-state index contributed by atoms with van der Waals surface area (Å²) in [5.41, 5.74) is 8.20. The monoisotopic (exact) mass is 313 g/mol. The summed E-state index contributed by atoms with van der Waals surface area (Å²) < 4.78 is 5.36. The van der Waals surface area contributed by atoms with Gasteiger partial charge >= 0.3 is 0 Å². The van der Waals surface area contributed by atoms with E-state index in [0.29, 0.717) is 13.2 Å². The van der Waals surface area contributed by atoms with E-state index < -0.39 is 0 Å². The number of hydrogen-bond donors (Lipinski definition) is 2. The second-order valence-electron chi connectivity index (χ2n) is 5.33. The predicted molar refractivity (Wildman–Crippen MR) is 89.2 cm³/mol. The Balaban J connectivity index is 1.93. The zero-order valence-electron chi connectivity index (χ0n) is 13.0. The number of carbonyl (C=O) groups is 1. The second kappa shape index (κ2) is 6.62. The van der Waals surface area contributed by atoms with E-state index in [9.17, 15) is 4.79 Å². The molecular formula is C16H19N5O2. The molecule has 0 radical (unpaired) electrons. The van der Waals surface area contributed by atoms with Crippen LogP contribution >= 0.6 is 0 Å². The van der Waals surface area contributed by atoms with Gasteiger partial charge in [-0.05, 0) is 12.1 Å². The van der Waals surface area contributed by atoms with Gasteiger partial charge in [0.25, 0.3) is 0 Å². The van der Waals surface area contributed by atoms with Crippen LogP contribution in [0.1, 0.15) is 6.92 Å². The molecule has 7 nitrogen and oxygen atoms in total. The predicted octanol–water partition coefficient (Wildman–Crippen LogP) is 1.52. The van der Waals surface area contributed by atoms with E-state index >= 15 is 0 Å². The molecule has 2 heterocycles. The normalized spacial score (nSPS) is 14.6. The number of amides is 1. The van der Waals surface area contributed by atoms with Crippen LogP contribution in [0.5, 0.6) is 0 Å². The number of anilines is 3. The minimum Gasteiger partial charge on any atom is -0.378 e. The molecule has 1 fully saturated rings. The minimum atomic E-state index is -0.113. The lowest BCUT2D eigenvalue weighted by atomic mass is 10.1. The molecular weight excluding hydrogens is 294 g/mol. The molecule has 0 unspecified atom stereocenters. The number of nitrogens with one attached hydrogen (secondary N) is 1. The van der Waals surface area contributed by atoms with E-state index in [1.807, 2.05) is 30.3 Å². The molecule has 0 aliphatic carbocycles. The van der Waals surface area contributed by atoms with Crippen molar-refractivity contribution in [2.45, 2.75) is 6.92 Å². The Morgan fingerprint density at radius 2 is 2.04 bits per heavy atom. The fraction of sp³-hybridized carbons (Fsp3) is 0.312. The summed E-state index contributed by atoms with van der Waals surface area (Å²) in [7, 11) is 0. The van der Waals surface area contributed by atoms with Crippen molar-refractivity contribution in [3.05, 3.63) is 30.3 Å². The number of hydrogen-bond acceptors (Lipinski definition) is 6. The first-order valence-corrected chi connectivity index (χ1v) is 7.47. The lowest BCUT2D eigenvalue weighted by molar-refractivity contribution is -0.114. The van der Waals surface area contributed by atoms with Gasteiger partial charge in [-0.1, -0.05) is 12.1 Å². The average Bonchev–Trinajstić information content (AvgIpc) is 2.55. The van der Waals surface area contributed by atoms with Gasteiger partial charge in [-0.3, -0.25) is 4.79 Å². The average molecular weight is 313 g/mol. The highest BCUT2D eigenvalue weighted by Gasteiger charge is 2.15. The van der Waals surface area contributed by atoms with Crippen molar-refractivity contribution >= 4 is 23.4 Å². The Kier molecular flexibility index (Phi) is 4.38. The molecule has 0 saturated carbocycles. The van der Waals surface area contributed by atoms with E-state index in [0.717, 1.165) is 35.9 Å². The van der Waals surface area contributed by atoms with Crippen molar-refractivity contribution in [2.75, 3.05) is 42.3 Å². The SMILES string of the molecule is CC(=O)Nc1cccc(-c2cc(N3CCOCC3)nc(N)n2)c1. The molecule has 3 N–H and O–H groups in total. The van der Waals surface area contributed by atoms with E-state index in [1.54, 1.807) is 0 Å². The third-order valence-corrected chi connectivity index (χ3v) is 3.54. The van der Waals surface area contributed by atoms with Gasteiger partial charge < -0.3 is 20.7 Å². The summed E-state index contributed by atoms with van der Waals surface area (Å²) in [6.45, 7) is 4.39. The maximum Gasteiger partial charge on any atom is 0.222 e. The number of aromatic nitrogens is 2. The lowest BCUT2D eigenvalue weighted by Gasteiger charge is -2.28. The van der Waals surface area contributed by atoms with Gasteiger partial charge in [-0.25, -0.2) is 4.98 Å². The van der Waals surface area contributed by atoms with Gasteiger partial charge in [0, 0.05) is 37.3 Å². The van der Waals surface area contributed by atoms with Gasteiger partial charge in [-0.2, -0.15) is 4.98 Å². The number of nitrogens with zero attached hydrogens (tertiary/aromatic N) is 3. The molecule has 0 spiro atoms. The second-order valence-corrected chi connectivity index (χ2v) is 5.33. The van der Waals surface area contributed by atoms with Gasteiger partial charge in [0.15, 0.2) is 0 Å². The highest BCUT2D eigenvalue weighted by atomic mass is 16.5. The Morgan fingerprint density at radius 1 is 1.26 bits per heavy atom. The Hall–Kier alpha value is -2.67. The quantitative estimate of drug-likeness (QED) is 0.892. The zero-order chi connectivity index (χ0) is 16.2. The maximum atomic E-state index is 11.2. The molecule has 7 heteroatoms. The van der Waals surface area contributed by atoms with Crippen LogP contribution in [0, 0.1) is 0 Å². The molecule has 2 aromatic rings. The fourth-order valence-corrected chi connectivity index (χ4v) is 2.51. The van der Waals surface area contributed by atoms with Crippen LogP contribution in [0.3, 0.4) is 0 Å². The highest BCUT2D eigenvalue weighted by molar-refractivity contribution is 5.89. The van der Waals surface area contributed by atoms with Crippen molar-refractivity contribution in [3.8, 4) is 11.3 Å². The number of nitrogens with two attached hydrogens (primary N) is 1. The van der Waals surface area contributed by atoms with Crippen LogP contribution in [0.4, 0.5) is 17.5 Å². The van der Waals surface area contributed by atoms with Crippen LogP contribution in [-0.4, -0.2) is 42.2 Å². The molecule has 1 aliphatic rings. The number of morpholine rings is 1. The summed E-state index contributed by atoms with van der Waals surface area (Å²) in [5.74, 6) is 0.910. The van der Waals surface area contributed by atoms with Crippen molar-refractivity contribution in [3.63, 3.8) is 0 Å². The number of ether oxygens (including phenoxy) is 1. The molecule has 23 heavy (non-hydrogen) atoms. The van der Waals surface area contributed by atoms with Gasteiger partial charge in [0.1, 0.15) is 5.82 Å². The summed E-state index contributed by atoms with van der Waals surface area (Å²) in [6.07, 6.45) is 0. The van der Waals surface area contributed by atoms with Crippen LogP contribution in [0.2, 0.25) is 0 Å². The molecule has 120 valence electrons. The maximum absolute atomic E-state index is 11.2. The largest absolute Gasteiger partial charge is 0.378 e. The first-order chi connectivity index (χ1) is 11.1. The van der Waals surface area contributed by atoms with Gasteiger partial charge in [0.05, 0.1) is 18.9 Å². The number of nitrogen functional groups attached to an aromatic ring is 1. The third kappa shape index (κ3) is 3.75. The summed E-state index contributed by atoms with van der Waals surface area (Å²) in [5, 5.41) is 2.77. The van der Waals surface area contributed by atoms with E-state index in [1.165, 1.54) is 6.92 Å². The summed E-state index contributed by atoms with van der Waals surface area (Å²) in [6, 6.07) is 9.41. The van der Waals surface area contributed by atoms with Crippen LogP contribution in [0.25, 0.3) is 11.3 Å². The van der Waals surface area contributed by atoms with Crippen molar-refractivity contribution in [1.29, 1.82) is 0 Å². The number of rotatable bonds is 3. The molecule has 0 bridgehead atoms. The topological polar surface area (TPSA) is 93.4 Å². The third-order valence-electron chi connectivity index (χ3n) is 3.54. The molecule has 1 aromatic heterocycles. The molecule has 3 rings (SSSR count). The Bertz CT molecular complexity index is 713. The van der Waals surface area contributed by atoms with E-state index in [2.05, 4.69) is 20.2 Å². The Labute approximate surface area is 134 Å². The van der Waals surface area contributed by atoms with Crippen molar-refractivity contribution in [2.24, 2.45) is 0 Å². The molecule has 1 saturated heterocycles. The van der Waals surface area contributed by atoms with Crippen LogP contribution < -0.4 is 16.0 Å².